The van der Waals surface area contributed by atoms with Gasteiger partial charge in [-0.15, -0.1) is 0 Å². The molecule has 10 rings (SSSR count). The minimum atomic E-state index is 0.381. The zero-order chi connectivity index (χ0) is 33.9. The Bertz CT molecular complexity index is 2610. The van der Waals surface area contributed by atoms with Gasteiger partial charge in [0.05, 0.1) is 11.0 Å². The Hall–Kier alpha value is -6.59. The normalized spacial score (nSPS) is 16.1. The molecule has 242 valence electrons. The lowest BCUT2D eigenvalue weighted by molar-refractivity contribution is 0.625. The van der Waals surface area contributed by atoms with E-state index in [4.69, 9.17) is 15.0 Å². The summed E-state index contributed by atoms with van der Waals surface area (Å²) >= 11 is 0. The summed E-state index contributed by atoms with van der Waals surface area (Å²) in [6.45, 7) is 2.30. The first kappa shape index (κ1) is 29.3. The minimum Gasteiger partial charge on any atom is -0.358 e. The molecule has 0 saturated heterocycles. The van der Waals surface area contributed by atoms with Gasteiger partial charge in [-0.25, -0.2) is 15.0 Å². The molecule has 0 radical (unpaired) electrons. The average molecular weight is 656 g/mol. The van der Waals surface area contributed by atoms with Gasteiger partial charge in [-0.1, -0.05) is 110 Å². The summed E-state index contributed by atoms with van der Waals surface area (Å²) in [7, 11) is 0. The number of aromatic nitrogens is 4. The summed E-state index contributed by atoms with van der Waals surface area (Å²) in [6.07, 6.45) is 6.69. The van der Waals surface area contributed by atoms with Gasteiger partial charge in [0.25, 0.3) is 0 Å². The van der Waals surface area contributed by atoms with Crippen LogP contribution in [-0.4, -0.2) is 19.5 Å². The Labute approximate surface area is 296 Å². The van der Waals surface area contributed by atoms with E-state index in [1.807, 2.05) is 60.7 Å². The number of rotatable bonds is 5. The molecule has 6 aromatic carbocycles. The minimum absolute atomic E-state index is 0.381. The highest BCUT2D eigenvalue weighted by Gasteiger charge is 2.32. The van der Waals surface area contributed by atoms with Gasteiger partial charge in [-0.05, 0) is 83.3 Å². The van der Waals surface area contributed by atoms with Crippen LogP contribution in [0.15, 0.2) is 170 Å². The van der Waals surface area contributed by atoms with Crippen LogP contribution < -0.4 is 5.32 Å². The number of allylic oxidation sites excluding steroid dienone is 4. The van der Waals surface area contributed by atoms with Crippen molar-refractivity contribution in [3.05, 3.63) is 175 Å². The van der Waals surface area contributed by atoms with E-state index < -0.39 is 0 Å². The predicted octanol–water partition coefficient (Wildman–Crippen LogP) is 11.2. The van der Waals surface area contributed by atoms with E-state index in [9.17, 15) is 0 Å². The largest absolute Gasteiger partial charge is 0.358 e. The topological polar surface area (TPSA) is 55.6 Å². The fourth-order valence-corrected chi connectivity index (χ4v) is 7.80. The number of nitrogens with one attached hydrogen (secondary N) is 1. The molecule has 1 aliphatic carbocycles. The zero-order valence-corrected chi connectivity index (χ0v) is 28.0. The second kappa shape index (κ2) is 11.8. The zero-order valence-electron chi connectivity index (χ0n) is 28.0. The van der Waals surface area contributed by atoms with Crippen LogP contribution in [0.2, 0.25) is 0 Å². The summed E-state index contributed by atoms with van der Waals surface area (Å²) in [4.78, 5) is 14.7. The average Bonchev–Trinajstić information content (AvgIpc) is 3.74. The lowest BCUT2D eigenvalue weighted by Gasteiger charge is -2.21. The van der Waals surface area contributed by atoms with Gasteiger partial charge in [0.15, 0.2) is 17.5 Å². The number of hydrogen-bond acceptors (Lipinski definition) is 4. The highest BCUT2D eigenvalue weighted by molar-refractivity contribution is 6.10. The molecule has 0 saturated carbocycles. The molecule has 2 atom stereocenters. The van der Waals surface area contributed by atoms with Crippen LogP contribution in [0.3, 0.4) is 0 Å². The Morgan fingerprint density at radius 1 is 0.529 bits per heavy atom. The molecule has 2 aromatic heterocycles. The standard InChI is InChI=1S/C46H33N5/c1-29-11-10-17-40-43(29)38-28-33(21-25-39(38)47-40)34-22-26-42-37(27-34)36-16-8-9-18-41(36)51(42)35-23-19-32(20-24-35)46-49-44(30-12-4-2-5-13-30)48-45(50-46)31-14-6-3-7-15-31/h2-29,43,47H,1H3. The van der Waals surface area contributed by atoms with Gasteiger partial charge in [0.1, 0.15) is 0 Å². The van der Waals surface area contributed by atoms with Crippen LogP contribution in [0.5, 0.6) is 0 Å². The van der Waals surface area contributed by atoms with Crippen molar-refractivity contribution >= 4 is 27.5 Å². The van der Waals surface area contributed by atoms with Gasteiger partial charge in [-0.2, -0.15) is 0 Å². The Morgan fingerprint density at radius 3 is 1.80 bits per heavy atom. The van der Waals surface area contributed by atoms with Crippen molar-refractivity contribution in [1.82, 2.24) is 19.5 Å². The smallest absolute Gasteiger partial charge is 0.164 e. The lowest BCUT2D eigenvalue weighted by atomic mass is 9.83. The summed E-state index contributed by atoms with van der Waals surface area (Å²) in [5.41, 5.74) is 12.6. The van der Waals surface area contributed by atoms with Gasteiger partial charge < -0.3 is 9.88 Å². The second-order valence-electron chi connectivity index (χ2n) is 13.4. The fraction of sp³-hybridized carbons (Fsp3) is 0.0652. The first-order valence-electron chi connectivity index (χ1n) is 17.5. The van der Waals surface area contributed by atoms with Crippen molar-refractivity contribution in [2.45, 2.75) is 12.8 Å². The van der Waals surface area contributed by atoms with Gasteiger partial charge in [-0.3, -0.25) is 0 Å². The molecule has 0 fully saturated rings. The SMILES string of the molecule is CC1C=CC=C2Nc3ccc(-c4ccc5c(c4)c4ccccc4n5-c4ccc(-c5nc(-c6ccccc6)nc(-c6ccccc6)n5)cc4)cc3C21. The molecule has 0 bridgehead atoms. The molecular formula is C46H33N5. The van der Waals surface area contributed by atoms with Crippen LogP contribution in [0.1, 0.15) is 18.4 Å². The van der Waals surface area contributed by atoms with E-state index in [-0.39, 0.29) is 0 Å². The maximum Gasteiger partial charge on any atom is 0.164 e. The molecule has 51 heavy (non-hydrogen) atoms. The molecule has 8 aromatic rings. The quantitative estimate of drug-likeness (QED) is 0.200. The molecular weight excluding hydrogens is 623 g/mol. The number of hydrogen-bond donors (Lipinski definition) is 1. The summed E-state index contributed by atoms with van der Waals surface area (Å²) in [6, 6.07) is 51.2. The van der Waals surface area contributed by atoms with E-state index in [0.717, 1.165) is 22.4 Å². The van der Waals surface area contributed by atoms with Crippen molar-refractivity contribution in [3.8, 4) is 51.0 Å². The third-order valence-electron chi connectivity index (χ3n) is 10.3. The van der Waals surface area contributed by atoms with Gasteiger partial charge >= 0.3 is 0 Å². The lowest BCUT2D eigenvalue weighted by Crippen LogP contribution is -2.10. The number of nitrogens with zero attached hydrogens (tertiary/aromatic N) is 4. The molecule has 1 aliphatic heterocycles. The third-order valence-corrected chi connectivity index (χ3v) is 10.3. The molecule has 0 amide bonds. The van der Waals surface area contributed by atoms with E-state index in [1.165, 1.54) is 49.9 Å². The number of para-hydroxylation sites is 1. The maximum atomic E-state index is 4.94. The van der Waals surface area contributed by atoms with Crippen LogP contribution >= 0.6 is 0 Å². The predicted molar refractivity (Wildman–Crippen MR) is 209 cm³/mol. The van der Waals surface area contributed by atoms with Crippen molar-refractivity contribution in [1.29, 1.82) is 0 Å². The third kappa shape index (κ3) is 4.97. The highest BCUT2D eigenvalue weighted by atomic mass is 15.0. The van der Waals surface area contributed by atoms with Gasteiger partial charge in [0, 0.05) is 50.5 Å². The molecule has 2 unspecified atom stereocenters. The Kier molecular flexibility index (Phi) is 6.78. The van der Waals surface area contributed by atoms with Crippen molar-refractivity contribution < 1.29 is 0 Å². The highest BCUT2D eigenvalue weighted by Crippen LogP contribution is 2.46. The molecule has 3 heterocycles. The van der Waals surface area contributed by atoms with Crippen LogP contribution in [0.4, 0.5) is 5.69 Å². The first-order valence-corrected chi connectivity index (χ1v) is 17.5. The van der Waals surface area contributed by atoms with E-state index in [1.54, 1.807) is 0 Å². The number of fused-ring (bicyclic) bond motifs is 6. The van der Waals surface area contributed by atoms with E-state index in [2.05, 4.69) is 120 Å². The number of anilines is 1. The van der Waals surface area contributed by atoms with Crippen molar-refractivity contribution in [2.75, 3.05) is 5.32 Å². The molecule has 1 N–H and O–H groups in total. The van der Waals surface area contributed by atoms with Crippen LogP contribution in [0, 0.1) is 5.92 Å². The summed E-state index contributed by atoms with van der Waals surface area (Å²) in [5.74, 6) is 2.80. The molecule has 0 spiro atoms. The maximum absolute atomic E-state index is 4.94. The molecule has 5 nitrogen and oxygen atoms in total. The van der Waals surface area contributed by atoms with Crippen molar-refractivity contribution in [2.24, 2.45) is 5.92 Å². The molecule has 2 aliphatic rings. The van der Waals surface area contributed by atoms with Crippen LogP contribution in [0.25, 0.3) is 72.8 Å². The Morgan fingerprint density at radius 2 is 1.10 bits per heavy atom. The first-order chi connectivity index (χ1) is 25.2. The van der Waals surface area contributed by atoms with E-state index >= 15 is 0 Å². The summed E-state index contributed by atoms with van der Waals surface area (Å²) < 4.78 is 2.36. The number of benzene rings is 6. The fourth-order valence-electron chi connectivity index (χ4n) is 7.80. The molecule has 5 heteroatoms. The monoisotopic (exact) mass is 655 g/mol. The van der Waals surface area contributed by atoms with Crippen molar-refractivity contribution in [3.63, 3.8) is 0 Å². The second-order valence-corrected chi connectivity index (χ2v) is 13.4. The summed E-state index contributed by atoms with van der Waals surface area (Å²) in [5, 5.41) is 6.12. The Balaban J connectivity index is 1.05. The van der Waals surface area contributed by atoms with Gasteiger partial charge in [0.2, 0.25) is 0 Å². The van der Waals surface area contributed by atoms with Crippen LogP contribution in [-0.2, 0) is 0 Å². The van der Waals surface area contributed by atoms with E-state index in [0.29, 0.717) is 29.3 Å².